The highest BCUT2D eigenvalue weighted by molar-refractivity contribution is 5.77. The molecule has 0 atom stereocenters. The predicted octanol–water partition coefficient (Wildman–Crippen LogP) is 3.51. The lowest BCUT2D eigenvalue weighted by Crippen LogP contribution is -2.49. The normalized spacial score (nSPS) is 14.4. The van der Waals surface area contributed by atoms with Crippen molar-refractivity contribution in [1.29, 1.82) is 0 Å². The number of amides is 1. The van der Waals surface area contributed by atoms with E-state index in [4.69, 9.17) is 4.74 Å². The minimum absolute atomic E-state index is 0.159. The number of carbonyl (C=O) groups is 1. The Morgan fingerprint density at radius 2 is 1.73 bits per heavy atom. The SMILES string of the molecule is CCOc1ccccc1N1CCN(C(=O)CCc2ccc(F)cc2)CC1. The molecule has 0 bridgehead atoms. The van der Waals surface area contributed by atoms with E-state index < -0.39 is 0 Å². The number of hydrogen-bond acceptors (Lipinski definition) is 3. The van der Waals surface area contributed by atoms with Crippen LogP contribution < -0.4 is 9.64 Å². The van der Waals surface area contributed by atoms with Crippen molar-refractivity contribution in [3.63, 3.8) is 0 Å². The maximum absolute atomic E-state index is 12.9. The Morgan fingerprint density at radius 3 is 2.42 bits per heavy atom. The highest BCUT2D eigenvalue weighted by Crippen LogP contribution is 2.28. The number of ether oxygens (including phenoxy) is 1. The number of halogens is 1. The molecular formula is C21H25FN2O2. The van der Waals surface area contributed by atoms with Crippen LogP contribution in [0.5, 0.6) is 5.75 Å². The summed E-state index contributed by atoms with van der Waals surface area (Å²) in [6.45, 7) is 5.64. The van der Waals surface area contributed by atoms with Gasteiger partial charge in [0, 0.05) is 32.6 Å². The van der Waals surface area contributed by atoms with Gasteiger partial charge in [0.15, 0.2) is 0 Å². The zero-order valence-electron chi connectivity index (χ0n) is 15.2. The molecule has 2 aromatic rings. The van der Waals surface area contributed by atoms with Crippen LogP contribution >= 0.6 is 0 Å². The van der Waals surface area contributed by atoms with Crippen molar-refractivity contribution in [2.24, 2.45) is 0 Å². The van der Waals surface area contributed by atoms with Gasteiger partial charge in [-0.1, -0.05) is 24.3 Å². The Balaban J connectivity index is 1.51. The van der Waals surface area contributed by atoms with E-state index in [1.807, 2.05) is 30.0 Å². The molecule has 0 spiro atoms. The number of aryl methyl sites for hydroxylation is 1. The maximum atomic E-state index is 12.9. The minimum atomic E-state index is -0.247. The molecule has 4 nitrogen and oxygen atoms in total. The van der Waals surface area contributed by atoms with E-state index in [1.165, 1.54) is 12.1 Å². The predicted molar refractivity (Wildman–Crippen MR) is 101 cm³/mol. The molecule has 0 aromatic heterocycles. The summed E-state index contributed by atoms with van der Waals surface area (Å²) in [7, 11) is 0. The molecule has 1 aliphatic heterocycles. The van der Waals surface area contributed by atoms with Crippen LogP contribution in [0, 0.1) is 5.82 Å². The van der Waals surface area contributed by atoms with Gasteiger partial charge in [-0.3, -0.25) is 4.79 Å². The fourth-order valence-corrected chi connectivity index (χ4v) is 3.25. The molecule has 1 aliphatic rings. The number of carbonyl (C=O) groups excluding carboxylic acids is 1. The van der Waals surface area contributed by atoms with E-state index in [0.717, 1.165) is 30.1 Å². The second-order valence-electron chi connectivity index (χ2n) is 6.40. The average molecular weight is 356 g/mol. The number of nitrogens with zero attached hydrogens (tertiary/aromatic N) is 2. The molecule has 5 heteroatoms. The zero-order chi connectivity index (χ0) is 18.4. The van der Waals surface area contributed by atoms with E-state index >= 15 is 0 Å². The number of para-hydroxylation sites is 2. The summed E-state index contributed by atoms with van der Waals surface area (Å²) in [5.41, 5.74) is 2.08. The van der Waals surface area contributed by atoms with Crippen molar-refractivity contribution in [2.45, 2.75) is 19.8 Å². The van der Waals surface area contributed by atoms with Gasteiger partial charge in [0.25, 0.3) is 0 Å². The Labute approximate surface area is 154 Å². The first-order valence-electron chi connectivity index (χ1n) is 9.16. The maximum Gasteiger partial charge on any atom is 0.223 e. The van der Waals surface area contributed by atoms with Crippen LogP contribution in [0.15, 0.2) is 48.5 Å². The number of anilines is 1. The Bertz CT molecular complexity index is 725. The van der Waals surface area contributed by atoms with Crippen LogP contribution in [0.4, 0.5) is 10.1 Å². The standard InChI is InChI=1S/C21H25FN2O2/c1-2-26-20-6-4-3-5-19(20)23-13-15-24(16-14-23)21(25)12-9-17-7-10-18(22)11-8-17/h3-8,10-11H,2,9,12-16H2,1H3. The lowest BCUT2D eigenvalue weighted by atomic mass is 10.1. The number of benzene rings is 2. The van der Waals surface area contributed by atoms with Crippen molar-refractivity contribution in [3.8, 4) is 5.75 Å². The highest BCUT2D eigenvalue weighted by atomic mass is 19.1. The molecule has 2 aromatic carbocycles. The molecule has 0 radical (unpaired) electrons. The molecule has 3 rings (SSSR count). The number of hydrogen-bond donors (Lipinski definition) is 0. The summed E-state index contributed by atoms with van der Waals surface area (Å²) in [5.74, 6) is 0.807. The van der Waals surface area contributed by atoms with Crippen LogP contribution in [0.2, 0.25) is 0 Å². The lowest BCUT2D eigenvalue weighted by Gasteiger charge is -2.36. The van der Waals surface area contributed by atoms with Gasteiger partial charge in [-0.15, -0.1) is 0 Å². The number of rotatable bonds is 6. The first-order valence-corrected chi connectivity index (χ1v) is 9.16. The molecule has 26 heavy (non-hydrogen) atoms. The van der Waals surface area contributed by atoms with Crippen LogP contribution in [-0.4, -0.2) is 43.6 Å². The zero-order valence-corrected chi connectivity index (χ0v) is 15.2. The van der Waals surface area contributed by atoms with Crippen LogP contribution in [0.25, 0.3) is 0 Å². The topological polar surface area (TPSA) is 32.8 Å². The van der Waals surface area contributed by atoms with Crippen molar-refractivity contribution >= 4 is 11.6 Å². The van der Waals surface area contributed by atoms with Gasteiger partial charge in [-0.05, 0) is 43.2 Å². The van der Waals surface area contributed by atoms with Crippen molar-refractivity contribution in [1.82, 2.24) is 4.90 Å². The summed E-state index contributed by atoms with van der Waals surface area (Å²) < 4.78 is 18.7. The summed E-state index contributed by atoms with van der Waals surface area (Å²) in [6.07, 6.45) is 1.10. The quantitative estimate of drug-likeness (QED) is 0.794. The third-order valence-corrected chi connectivity index (χ3v) is 4.68. The molecule has 0 saturated carbocycles. The molecule has 1 amide bonds. The number of piperazine rings is 1. The third kappa shape index (κ3) is 4.54. The molecule has 0 unspecified atom stereocenters. The lowest BCUT2D eigenvalue weighted by molar-refractivity contribution is -0.131. The first kappa shape index (κ1) is 18.2. The molecular weight excluding hydrogens is 331 g/mol. The van der Waals surface area contributed by atoms with Crippen LogP contribution in [0.1, 0.15) is 18.9 Å². The average Bonchev–Trinajstić information content (AvgIpc) is 2.68. The fraction of sp³-hybridized carbons (Fsp3) is 0.381. The Hall–Kier alpha value is -2.56. The van der Waals surface area contributed by atoms with E-state index in [-0.39, 0.29) is 11.7 Å². The van der Waals surface area contributed by atoms with E-state index in [2.05, 4.69) is 11.0 Å². The Kier molecular flexibility index (Phi) is 6.10. The molecule has 1 heterocycles. The van der Waals surface area contributed by atoms with Gasteiger partial charge in [0.05, 0.1) is 12.3 Å². The fourth-order valence-electron chi connectivity index (χ4n) is 3.25. The minimum Gasteiger partial charge on any atom is -0.492 e. The van der Waals surface area contributed by atoms with Crippen molar-refractivity contribution in [3.05, 3.63) is 59.9 Å². The molecule has 1 saturated heterocycles. The Morgan fingerprint density at radius 1 is 1.04 bits per heavy atom. The summed E-state index contributed by atoms with van der Waals surface area (Å²) in [6, 6.07) is 14.4. The second kappa shape index (κ2) is 8.70. The second-order valence-corrected chi connectivity index (χ2v) is 6.40. The van der Waals surface area contributed by atoms with Gasteiger partial charge in [0.2, 0.25) is 5.91 Å². The smallest absolute Gasteiger partial charge is 0.223 e. The van der Waals surface area contributed by atoms with Crippen LogP contribution in [-0.2, 0) is 11.2 Å². The van der Waals surface area contributed by atoms with E-state index in [9.17, 15) is 9.18 Å². The van der Waals surface area contributed by atoms with Gasteiger partial charge in [-0.25, -0.2) is 4.39 Å². The van der Waals surface area contributed by atoms with E-state index in [0.29, 0.717) is 32.5 Å². The summed E-state index contributed by atoms with van der Waals surface area (Å²) in [5, 5.41) is 0. The van der Waals surface area contributed by atoms with E-state index in [1.54, 1.807) is 12.1 Å². The monoisotopic (exact) mass is 356 g/mol. The molecule has 138 valence electrons. The summed E-state index contributed by atoms with van der Waals surface area (Å²) >= 11 is 0. The highest BCUT2D eigenvalue weighted by Gasteiger charge is 2.22. The van der Waals surface area contributed by atoms with Crippen molar-refractivity contribution < 1.29 is 13.9 Å². The van der Waals surface area contributed by atoms with Crippen molar-refractivity contribution in [2.75, 3.05) is 37.7 Å². The van der Waals surface area contributed by atoms with Gasteiger partial charge in [-0.2, -0.15) is 0 Å². The molecule has 0 aliphatic carbocycles. The van der Waals surface area contributed by atoms with Crippen LogP contribution in [0.3, 0.4) is 0 Å². The van der Waals surface area contributed by atoms with Gasteiger partial charge < -0.3 is 14.5 Å². The van der Waals surface area contributed by atoms with Gasteiger partial charge >= 0.3 is 0 Å². The van der Waals surface area contributed by atoms with Gasteiger partial charge in [0.1, 0.15) is 11.6 Å². The largest absolute Gasteiger partial charge is 0.492 e. The third-order valence-electron chi connectivity index (χ3n) is 4.68. The molecule has 0 N–H and O–H groups in total. The molecule has 1 fully saturated rings. The summed E-state index contributed by atoms with van der Waals surface area (Å²) in [4.78, 5) is 16.7. The first-order chi connectivity index (χ1) is 12.7.